The van der Waals surface area contributed by atoms with Crippen molar-refractivity contribution in [3.8, 4) is 5.75 Å². The molecule has 0 unspecified atom stereocenters. The molecule has 1 saturated heterocycles. The van der Waals surface area contributed by atoms with Gasteiger partial charge in [0.25, 0.3) is 5.91 Å². The number of nitrogens with one attached hydrogen (secondary N) is 1. The van der Waals surface area contributed by atoms with E-state index in [0.717, 1.165) is 37.2 Å². The molecule has 1 N–H and O–H groups in total. The van der Waals surface area contributed by atoms with Crippen LogP contribution in [-0.2, 0) is 4.79 Å². The molecule has 1 fully saturated rings. The van der Waals surface area contributed by atoms with E-state index in [1.165, 1.54) is 5.69 Å². The molecule has 0 radical (unpaired) electrons. The Kier molecular flexibility index (Phi) is 6.91. The summed E-state index contributed by atoms with van der Waals surface area (Å²) < 4.78 is 6.46. The van der Waals surface area contributed by atoms with E-state index >= 15 is 0 Å². The Balaban J connectivity index is 1.30. The van der Waals surface area contributed by atoms with Crippen molar-refractivity contribution in [1.82, 2.24) is 10.2 Å². The highest BCUT2D eigenvalue weighted by molar-refractivity contribution is 9.10. The number of halogens is 1. The predicted octanol–water partition coefficient (Wildman–Crippen LogP) is 2.77. The van der Waals surface area contributed by atoms with Gasteiger partial charge in [-0.05, 0) is 36.4 Å². The van der Waals surface area contributed by atoms with Crippen molar-refractivity contribution in [2.24, 2.45) is 0 Å². The molecule has 0 aromatic heterocycles. The average Bonchev–Trinajstić information content (AvgIpc) is 2.69. The van der Waals surface area contributed by atoms with E-state index in [2.05, 4.69) is 55.3 Å². The zero-order chi connectivity index (χ0) is 18.2. The molecule has 0 saturated carbocycles. The first-order valence-corrected chi connectivity index (χ1v) is 9.67. The third-order valence-electron chi connectivity index (χ3n) is 4.43. The molecule has 138 valence electrons. The maximum atomic E-state index is 11.9. The lowest BCUT2D eigenvalue weighted by Gasteiger charge is -2.36. The Morgan fingerprint density at radius 1 is 1.00 bits per heavy atom. The Labute approximate surface area is 163 Å². The van der Waals surface area contributed by atoms with E-state index < -0.39 is 0 Å². The summed E-state index contributed by atoms with van der Waals surface area (Å²) in [6.45, 7) is 5.62. The first-order valence-electron chi connectivity index (χ1n) is 8.88. The van der Waals surface area contributed by atoms with Crippen molar-refractivity contribution in [2.45, 2.75) is 0 Å². The minimum absolute atomic E-state index is 0.0451. The first-order chi connectivity index (χ1) is 12.7. The molecule has 1 heterocycles. The van der Waals surface area contributed by atoms with E-state index in [9.17, 15) is 4.79 Å². The largest absolute Gasteiger partial charge is 0.484 e. The van der Waals surface area contributed by atoms with Crippen molar-refractivity contribution in [3.63, 3.8) is 0 Å². The van der Waals surface area contributed by atoms with Crippen LogP contribution in [0.2, 0.25) is 0 Å². The molecule has 0 spiro atoms. The summed E-state index contributed by atoms with van der Waals surface area (Å²) in [5.41, 5.74) is 1.28. The lowest BCUT2D eigenvalue weighted by atomic mass is 10.2. The number of amides is 1. The van der Waals surface area contributed by atoms with Crippen LogP contribution in [0.1, 0.15) is 0 Å². The van der Waals surface area contributed by atoms with Crippen LogP contribution in [0.25, 0.3) is 0 Å². The highest BCUT2D eigenvalue weighted by atomic mass is 79.9. The molecular weight excluding hydrogens is 394 g/mol. The standard InChI is InChI=1S/C20H24BrN3O2/c21-17-6-8-19(9-7-17)26-16-20(25)22-10-11-23-12-14-24(15-13-23)18-4-2-1-3-5-18/h1-9H,10-16H2,(H,22,25). The number of nitrogens with zero attached hydrogens (tertiary/aromatic N) is 2. The van der Waals surface area contributed by atoms with Crippen molar-refractivity contribution in [1.29, 1.82) is 0 Å². The lowest BCUT2D eigenvalue weighted by Crippen LogP contribution is -2.48. The Hall–Kier alpha value is -2.05. The fourth-order valence-corrected chi connectivity index (χ4v) is 3.22. The summed E-state index contributed by atoms with van der Waals surface area (Å²) in [6.07, 6.45) is 0. The molecule has 1 aliphatic rings. The van der Waals surface area contributed by atoms with Crippen LogP contribution in [0.15, 0.2) is 59.1 Å². The maximum Gasteiger partial charge on any atom is 0.257 e. The lowest BCUT2D eigenvalue weighted by molar-refractivity contribution is -0.123. The molecule has 0 aliphatic carbocycles. The Bertz CT molecular complexity index is 686. The highest BCUT2D eigenvalue weighted by Crippen LogP contribution is 2.16. The van der Waals surface area contributed by atoms with Crippen LogP contribution in [0.3, 0.4) is 0 Å². The van der Waals surface area contributed by atoms with E-state index in [-0.39, 0.29) is 12.5 Å². The maximum absolute atomic E-state index is 11.9. The van der Waals surface area contributed by atoms with Crippen molar-refractivity contribution in [2.75, 3.05) is 50.8 Å². The van der Waals surface area contributed by atoms with E-state index in [1.807, 2.05) is 30.3 Å². The molecule has 0 atom stereocenters. The normalized spacial score (nSPS) is 14.9. The van der Waals surface area contributed by atoms with Gasteiger partial charge in [-0.25, -0.2) is 0 Å². The number of para-hydroxylation sites is 1. The third-order valence-corrected chi connectivity index (χ3v) is 4.96. The second kappa shape index (κ2) is 9.59. The second-order valence-corrected chi connectivity index (χ2v) is 7.17. The molecular formula is C20H24BrN3O2. The van der Waals surface area contributed by atoms with Gasteiger partial charge in [0.05, 0.1) is 0 Å². The monoisotopic (exact) mass is 417 g/mol. The molecule has 3 rings (SSSR count). The van der Waals surface area contributed by atoms with Gasteiger partial charge in [-0.1, -0.05) is 34.1 Å². The van der Waals surface area contributed by atoms with Gasteiger partial charge in [-0.3, -0.25) is 9.69 Å². The van der Waals surface area contributed by atoms with Gasteiger partial charge in [0.1, 0.15) is 5.75 Å². The quantitative estimate of drug-likeness (QED) is 0.751. The van der Waals surface area contributed by atoms with Crippen LogP contribution in [0.5, 0.6) is 5.75 Å². The summed E-state index contributed by atoms with van der Waals surface area (Å²) in [4.78, 5) is 16.7. The smallest absolute Gasteiger partial charge is 0.257 e. The van der Waals surface area contributed by atoms with Gasteiger partial charge in [0.15, 0.2) is 6.61 Å². The highest BCUT2D eigenvalue weighted by Gasteiger charge is 2.16. The summed E-state index contributed by atoms with van der Waals surface area (Å²) in [5, 5.41) is 2.93. The number of piperazine rings is 1. The van der Waals surface area contributed by atoms with E-state index in [1.54, 1.807) is 0 Å². The summed E-state index contributed by atoms with van der Waals surface area (Å²) in [5.74, 6) is 0.608. The summed E-state index contributed by atoms with van der Waals surface area (Å²) >= 11 is 3.37. The Morgan fingerprint density at radius 3 is 2.38 bits per heavy atom. The third kappa shape index (κ3) is 5.75. The van der Waals surface area contributed by atoms with Gasteiger partial charge >= 0.3 is 0 Å². The van der Waals surface area contributed by atoms with Crippen LogP contribution < -0.4 is 15.0 Å². The van der Waals surface area contributed by atoms with Crippen molar-refractivity contribution in [3.05, 3.63) is 59.1 Å². The van der Waals surface area contributed by atoms with Crippen LogP contribution in [0, 0.1) is 0 Å². The molecule has 1 amide bonds. The number of carbonyl (C=O) groups is 1. The van der Waals surface area contributed by atoms with Crippen molar-refractivity contribution < 1.29 is 9.53 Å². The van der Waals surface area contributed by atoms with Gasteiger partial charge in [-0.2, -0.15) is 0 Å². The molecule has 2 aromatic carbocycles. The Morgan fingerprint density at radius 2 is 1.69 bits per heavy atom. The fourth-order valence-electron chi connectivity index (χ4n) is 2.95. The minimum atomic E-state index is -0.0872. The van der Waals surface area contributed by atoms with Gasteiger partial charge < -0.3 is 15.0 Å². The van der Waals surface area contributed by atoms with Gasteiger partial charge in [-0.15, -0.1) is 0 Å². The molecule has 6 heteroatoms. The molecule has 26 heavy (non-hydrogen) atoms. The second-order valence-electron chi connectivity index (χ2n) is 6.26. The number of rotatable bonds is 7. The minimum Gasteiger partial charge on any atom is -0.484 e. The summed E-state index contributed by atoms with van der Waals surface area (Å²) in [7, 11) is 0. The van der Waals surface area contributed by atoms with E-state index in [0.29, 0.717) is 12.3 Å². The number of anilines is 1. The first kappa shape index (κ1) is 18.7. The van der Waals surface area contributed by atoms with Crippen LogP contribution in [0.4, 0.5) is 5.69 Å². The van der Waals surface area contributed by atoms with Crippen molar-refractivity contribution >= 4 is 27.5 Å². The topological polar surface area (TPSA) is 44.8 Å². The molecule has 1 aliphatic heterocycles. The fraction of sp³-hybridized carbons (Fsp3) is 0.350. The molecule has 5 nitrogen and oxygen atoms in total. The SMILES string of the molecule is O=C(COc1ccc(Br)cc1)NCCN1CCN(c2ccccc2)CC1. The van der Waals surface area contributed by atoms with Gasteiger partial charge in [0, 0.05) is 49.4 Å². The number of carbonyl (C=O) groups excluding carboxylic acids is 1. The van der Waals surface area contributed by atoms with Gasteiger partial charge in [0.2, 0.25) is 0 Å². The zero-order valence-electron chi connectivity index (χ0n) is 14.7. The number of hydrogen-bond acceptors (Lipinski definition) is 4. The number of benzene rings is 2. The number of hydrogen-bond donors (Lipinski definition) is 1. The molecule has 0 bridgehead atoms. The number of ether oxygens (including phenoxy) is 1. The molecule has 2 aromatic rings. The summed E-state index contributed by atoms with van der Waals surface area (Å²) in [6, 6.07) is 18.0. The van der Waals surface area contributed by atoms with E-state index in [4.69, 9.17) is 4.74 Å². The van der Waals surface area contributed by atoms with Crippen LogP contribution >= 0.6 is 15.9 Å². The zero-order valence-corrected chi connectivity index (χ0v) is 16.3. The predicted molar refractivity (Wildman–Crippen MR) is 108 cm³/mol. The average molecular weight is 418 g/mol. The van der Waals surface area contributed by atoms with Crippen LogP contribution in [-0.4, -0.2) is 56.7 Å².